The molecule has 1 aliphatic rings. The Labute approximate surface area is 141 Å². The first-order valence-corrected chi connectivity index (χ1v) is 8.04. The van der Waals surface area contributed by atoms with Gasteiger partial charge in [0.1, 0.15) is 5.75 Å². The van der Waals surface area contributed by atoms with Crippen molar-refractivity contribution in [2.24, 2.45) is 0 Å². The van der Waals surface area contributed by atoms with Crippen molar-refractivity contribution in [1.29, 1.82) is 0 Å². The quantitative estimate of drug-likeness (QED) is 0.885. The summed E-state index contributed by atoms with van der Waals surface area (Å²) < 4.78 is 5.44. The summed E-state index contributed by atoms with van der Waals surface area (Å²) >= 11 is 0. The zero-order valence-corrected chi connectivity index (χ0v) is 14.6. The maximum absolute atomic E-state index is 12.8. The number of rotatable bonds is 4. The van der Waals surface area contributed by atoms with Gasteiger partial charge in [0.25, 0.3) is 5.91 Å². The minimum Gasteiger partial charge on any atom is -0.496 e. The van der Waals surface area contributed by atoms with E-state index >= 15 is 0 Å². The van der Waals surface area contributed by atoms with Gasteiger partial charge in [-0.1, -0.05) is 0 Å². The van der Waals surface area contributed by atoms with Gasteiger partial charge in [0.05, 0.1) is 19.3 Å². The Morgan fingerprint density at radius 1 is 1.42 bits per heavy atom. The Balaban J connectivity index is 1.81. The van der Waals surface area contributed by atoms with Crippen LogP contribution in [0.3, 0.4) is 0 Å². The number of carbonyl (C=O) groups excluding carboxylic acids is 1. The van der Waals surface area contributed by atoms with Crippen molar-refractivity contribution < 1.29 is 9.53 Å². The van der Waals surface area contributed by atoms with Gasteiger partial charge < -0.3 is 15.0 Å². The lowest BCUT2D eigenvalue weighted by molar-refractivity contribution is 0.0776. The summed E-state index contributed by atoms with van der Waals surface area (Å²) in [5.74, 6) is 0.721. The number of amides is 1. The van der Waals surface area contributed by atoms with Crippen LogP contribution in [-0.4, -0.2) is 46.7 Å². The van der Waals surface area contributed by atoms with Crippen molar-refractivity contribution in [3.8, 4) is 5.75 Å². The van der Waals surface area contributed by atoms with E-state index in [1.807, 2.05) is 13.8 Å². The molecule has 0 aliphatic carbocycles. The molecule has 0 saturated heterocycles. The molecule has 0 fully saturated rings. The van der Waals surface area contributed by atoms with E-state index in [0.29, 0.717) is 18.8 Å². The molecule has 2 N–H and O–H groups in total. The van der Waals surface area contributed by atoms with Gasteiger partial charge in [0, 0.05) is 55.1 Å². The zero-order chi connectivity index (χ0) is 17.3. The molecule has 1 amide bonds. The van der Waals surface area contributed by atoms with Gasteiger partial charge >= 0.3 is 0 Å². The van der Waals surface area contributed by atoms with Gasteiger partial charge in [0.2, 0.25) is 0 Å². The standard InChI is InChI=1S/C17H23N5O2/c1-10-7-19-14(11(2)16(10)24-4)9-22(3)17(23)15-12-8-18-6-5-13(12)20-21-15/h7,18H,5-6,8-9H2,1-4H3,(H,20,21). The number of aromatic nitrogens is 3. The highest BCUT2D eigenvalue weighted by Crippen LogP contribution is 2.25. The molecule has 7 nitrogen and oxygen atoms in total. The lowest BCUT2D eigenvalue weighted by Gasteiger charge is -2.20. The monoisotopic (exact) mass is 329 g/mol. The summed E-state index contributed by atoms with van der Waals surface area (Å²) in [6.45, 7) is 5.92. The van der Waals surface area contributed by atoms with E-state index in [0.717, 1.165) is 46.8 Å². The number of pyridine rings is 1. The maximum Gasteiger partial charge on any atom is 0.274 e. The summed E-state index contributed by atoms with van der Waals surface area (Å²) in [7, 11) is 3.42. The lowest BCUT2D eigenvalue weighted by atomic mass is 10.1. The Bertz CT molecular complexity index is 769. The van der Waals surface area contributed by atoms with Gasteiger partial charge in [-0.05, 0) is 13.8 Å². The number of aryl methyl sites for hydroxylation is 1. The fourth-order valence-corrected chi connectivity index (χ4v) is 3.11. The SMILES string of the molecule is COc1c(C)cnc(CN(C)C(=O)c2n[nH]c3c2CNCC3)c1C. The third kappa shape index (κ3) is 2.87. The van der Waals surface area contributed by atoms with E-state index in [-0.39, 0.29) is 5.91 Å². The topological polar surface area (TPSA) is 83.1 Å². The molecule has 128 valence electrons. The average molecular weight is 329 g/mol. The number of fused-ring (bicyclic) bond motifs is 1. The summed E-state index contributed by atoms with van der Waals surface area (Å²) in [4.78, 5) is 18.9. The first-order chi connectivity index (χ1) is 11.5. The second-order valence-corrected chi connectivity index (χ2v) is 6.16. The average Bonchev–Trinajstić information content (AvgIpc) is 3.01. The van der Waals surface area contributed by atoms with Crippen LogP contribution in [0.2, 0.25) is 0 Å². The van der Waals surface area contributed by atoms with E-state index in [2.05, 4.69) is 20.5 Å². The molecule has 3 rings (SSSR count). The molecule has 24 heavy (non-hydrogen) atoms. The molecule has 0 unspecified atom stereocenters. The molecule has 2 aromatic rings. The Morgan fingerprint density at radius 2 is 2.21 bits per heavy atom. The van der Waals surface area contributed by atoms with E-state index < -0.39 is 0 Å². The van der Waals surface area contributed by atoms with Crippen LogP contribution in [0.1, 0.15) is 38.6 Å². The fourth-order valence-electron chi connectivity index (χ4n) is 3.11. The lowest BCUT2D eigenvalue weighted by Crippen LogP contribution is -2.30. The fraction of sp³-hybridized carbons (Fsp3) is 0.471. The molecule has 7 heteroatoms. The molecule has 1 aliphatic heterocycles. The number of methoxy groups -OCH3 is 1. The number of H-pyrrole nitrogens is 1. The molecule has 0 spiro atoms. The van der Waals surface area contributed by atoms with Crippen molar-refractivity contribution in [3.05, 3.63) is 40.0 Å². The molecule has 0 bridgehead atoms. The third-order valence-corrected chi connectivity index (χ3v) is 4.49. The number of hydrogen-bond acceptors (Lipinski definition) is 5. The van der Waals surface area contributed by atoms with Crippen LogP contribution in [0, 0.1) is 13.8 Å². The summed E-state index contributed by atoms with van der Waals surface area (Å²) in [5.41, 5.74) is 5.30. The third-order valence-electron chi connectivity index (χ3n) is 4.49. The number of nitrogens with zero attached hydrogens (tertiary/aromatic N) is 3. The van der Waals surface area contributed by atoms with Gasteiger partial charge in [-0.15, -0.1) is 0 Å². The van der Waals surface area contributed by atoms with Crippen molar-refractivity contribution >= 4 is 5.91 Å². The Morgan fingerprint density at radius 3 is 2.96 bits per heavy atom. The van der Waals surface area contributed by atoms with E-state index in [1.54, 1.807) is 25.3 Å². The van der Waals surface area contributed by atoms with E-state index in [9.17, 15) is 4.79 Å². The number of hydrogen-bond donors (Lipinski definition) is 2. The molecule has 2 aromatic heterocycles. The van der Waals surface area contributed by atoms with Crippen LogP contribution < -0.4 is 10.1 Å². The highest BCUT2D eigenvalue weighted by molar-refractivity contribution is 5.93. The zero-order valence-electron chi connectivity index (χ0n) is 14.6. The molecule has 0 saturated carbocycles. The first kappa shape index (κ1) is 16.4. The Hall–Kier alpha value is -2.41. The smallest absolute Gasteiger partial charge is 0.274 e. The minimum atomic E-state index is -0.100. The van der Waals surface area contributed by atoms with Crippen molar-refractivity contribution in [2.75, 3.05) is 20.7 Å². The second kappa shape index (κ2) is 6.60. The van der Waals surface area contributed by atoms with Crippen LogP contribution in [0.5, 0.6) is 5.75 Å². The van der Waals surface area contributed by atoms with Crippen LogP contribution in [0.15, 0.2) is 6.20 Å². The van der Waals surface area contributed by atoms with Crippen LogP contribution in [-0.2, 0) is 19.5 Å². The van der Waals surface area contributed by atoms with Gasteiger partial charge in [-0.2, -0.15) is 5.10 Å². The maximum atomic E-state index is 12.8. The van der Waals surface area contributed by atoms with Crippen molar-refractivity contribution in [2.45, 2.75) is 33.4 Å². The molecular weight excluding hydrogens is 306 g/mol. The minimum absolute atomic E-state index is 0.100. The van der Waals surface area contributed by atoms with E-state index in [1.165, 1.54) is 0 Å². The van der Waals surface area contributed by atoms with Crippen molar-refractivity contribution in [1.82, 2.24) is 25.4 Å². The highest BCUT2D eigenvalue weighted by Gasteiger charge is 2.24. The number of carbonyl (C=O) groups is 1. The predicted octanol–water partition coefficient (Wildman–Crippen LogP) is 1.35. The van der Waals surface area contributed by atoms with Crippen molar-refractivity contribution in [3.63, 3.8) is 0 Å². The van der Waals surface area contributed by atoms with Gasteiger partial charge in [-0.3, -0.25) is 14.9 Å². The van der Waals surface area contributed by atoms with Crippen LogP contribution in [0.4, 0.5) is 0 Å². The molecule has 0 atom stereocenters. The first-order valence-electron chi connectivity index (χ1n) is 8.04. The largest absolute Gasteiger partial charge is 0.496 e. The molecular formula is C17H23N5O2. The summed E-state index contributed by atoms with van der Waals surface area (Å²) in [6, 6.07) is 0. The normalized spacial score (nSPS) is 13.5. The van der Waals surface area contributed by atoms with Gasteiger partial charge in [-0.25, -0.2) is 0 Å². The summed E-state index contributed by atoms with van der Waals surface area (Å²) in [6.07, 6.45) is 2.65. The van der Waals surface area contributed by atoms with Gasteiger partial charge in [0.15, 0.2) is 5.69 Å². The Kier molecular flexibility index (Phi) is 4.53. The molecule has 3 heterocycles. The highest BCUT2D eigenvalue weighted by atomic mass is 16.5. The summed E-state index contributed by atoms with van der Waals surface area (Å²) in [5, 5.41) is 10.5. The predicted molar refractivity (Wildman–Crippen MR) is 90.1 cm³/mol. The number of ether oxygens (including phenoxy) is 1. The second-order valence-electron chi connectivity index (χ2n) is 6.16. The van der Waals surface area contributed by atoms with Crippen LogP contribution in [0.25, 0.3) is 0 Å². The molecule has 0 radical (unpaired) electrons. The number of nitrogens with one attached hydrogen (secondary N) is 2. The molecule has 0 aromatic carbocycles. The number of aromatic amines is 1. The van der Waals surface area contributed by atoms with E-state index in [4.69, 9.17) is 4.74 Å². The van der Waals surface area contributed by atoms with Crippen LogP contribution >= 0.6 is 0 Å².